The van der Waals surface area contributed by atoms with Gasteiger partial charge in [-0.1, -0.05) is 0 Å². The molecule has 1 aliphatic carbocycles. The number of hydrogen-bond acceptors (Lipinski definition) is 3. The van der Waals surface area contributed by atoms with Crippen molar-refractivity contribution in [2.24, 2.45) is 5.92 Å². The molecule has 3 fully saturated rings. The Morgan fingerprint density at radius 3 is 2.70 bits per heavy atom. The topological polar surface area (TPSA) is 50.8 Å². The number of ether oxygens (including phenoxy) is 2. The zero-order valence-electron chi connectivity index (χ0n) is 13.7. The summed E-state index contributed by atoms with van der Waals surface area (Å²) >= 11 is 0. The summed E-state index contributed by atoms with van der Waals surface area (Å²) < 4.78 is 37.8. The first-order chi connectivity index (χ1) is 10.9. The molecule has 5 nitrogen and oxygen atoms in total. The van der Waals surface area contributed by atoms with Crippen LogP contribution in [0.15, 0.2) is 0 Å². The molecule has 0 radical (unpaired) electrons. The van der Waals surface area contributed by atoms with Crippen molar-refractivity contribution in [2.45, 2.75) is 56.7 Å². The van der Waals surface area contributed by atoms with Crippen LogP contribution in [0.1, 0.15) is 39.0 Å². The summed E-state index contributed by atoms with van der Waals surface area (Å²) in [6.07, 6.45) is 1.60. The van der Waals surface area contributed by atoms with Gasteiger partial charge in [0.25, 0.3) is 0 Å². The number of halogens is 2. The van der Waals surface area contributed by atoms with Crippen LogP contribution in [0.25, 0.3) is 0 Å². The van der Waals surface area contributed by atoms with Crippen molar-refractivity contribution in [2.75, 3.05) is 32.8 Å². The lowest BCUT2D eigenvalue weighted by Crippen LogP contribution is -2.59. The second-order valence-electron chi connectivity index (χ2n) is 7.28. The normalized spacial score (nSPS) is 34.7. The van der Waals surface area contributed by atoms with Crippen molar-refractivity contribution in [1.82, 2.24) is 10.2 Å². The SMILES string of the molecule is C[C@@H]1CN(C(=O)NCC2CCC(F)(F)CC2)C[C@]2(CCOC2)O1. The van der Waals surface area contributed by atoms with Crippen LogP contribution >= 0.6 is 0 Å². The van der Waals surface area contributed by atoms with Gasteiger partial charge in [-0.2, -0.15) is 0 Å². The standard InChI is InChI=1S/C16H26F2N2O3/c1-12-9-20(10-15(23-12)6-7-22-11-15)14(21)19-8-13-2-4-16(17,18)5-3-13/h12-13H,2-11H2,1H3,(H,19,21)/t12-,15+/m1/s1. The molecule has 0 aromatic carbocycles. The minimum atomic E-state index is -2.52. The fourth-order valence-corrected chi connectivity index (χ4v) is 3.83. The molecule has 132 valence electrons. The number of carbonyl (C=O) groups is 1. The number of carbonyl (C=O) groups excluding carboxylic acids is 1. The van der Waals surface area contributed by atoms with E-state index in [1.165, 1.54) is 0 Å². The van der Waals surface area contributed by atoms with Gasteiger partial charge in [-0.25, -0.2) is 13.6 Å². The van der Waals surface area contributed by atoms with Crippen molar-refractivity contribution < 1.29 is 23.0 Å². The number of hydrogen-bond donors (Lipinski definition) is 1. The maximum atomic E-state index is 13.2. The fraction of sp³-hybridized carbons (Fsp3) is 0.938. The summed E-state index contributed by atoms with van der Waals surface area (Å²) in [5, 5.41) is 2.92. The predicted octanol–water partition coefficient (Wildman–Crippen LogP) is 2.40. The number of rotatable bonds is 2. The summed E-state index contributed by atoms with van der Waals surface area (Å²) in [5.41, 5.74) is -0.373. The van der Waals surface area contributed by atoms with Crippen LogP contribution in [0.5, 0.6) is 0 Å². The van der Waals surface area contributed by atoms with Crippen LogP contribution in [0.2, 0.25) is 0 Å². The third kappa shape index (κ3) is 4.12. The minimum Gasteiger partial charge on any atom is -0.378 e. The molecular formula is C16H26F2N2O3. The molecular weight excluding hydrogens is 306 g/mol. The number of alkyl halides is 2. The second kappa shape index (κ2) is 6.51. The van der Waals surface area contributed by atoms with E-state index < -0.39 is 5.92 Å². The van der Waals surface area contributed by atoms with Gasteiger partial charge in [-0.15, -0.1) is 0 Å². The fourth-order valence-electron chi connectivity index (χ4n) is 3.83. The zero-order valence-corrected chi connectivity index (χ0v) is 13.7. The number of urea groups is 1. The number of morpholine rings is 1. The molecule has 3 aliphatic rings. The highest BCUT2D eigenvalue weighted by molar-refractivity contribution is 5.74. The molecule has 1 spiro atoms. The van der Waals surface area contributed by atoms with Crippen LogP contribution in [-0.2, 0) is 9.47 Å². The number of amides is 2. The molecule has 2 amide bonds. The number of nitrogens with zero attached hydrogens (tertiary/aromatic N) is 1. The third-order valence-electron chi connectivity index (χ3n) is 5.14. The highest BCUT2D eigenvalue weighted by atomic mass is 19.3. The van der Waals surface area contributed by atoms with Crippen molar-refractivity contribution in [3.63, 3.8) is 0 Å². The molecule has 0 bridgehead atoms. The van der Waals surface area contributed by atoms with Gasteiger partial charge in [-0.3, -0.25) is 0 Å². The van der Waals surface area contributed by atoms with Gasteiger partial charge in [0.05, 0.1) is 19.3 Å². The van der Waals surface area contributed by atoms with E-state index >= 15 is 0 Å². The van der Waals surface area contributed by atoms with E-state index in [1.54, 1.807) is 4.90 Å². The Balaban J connectivity index is 1.48. The van der Waals surface area contributed by atoms with Crippen LogP contribution in [0.3, 0.4) is 0 Å². The first-order valence-corrected chi connectivity index (χ1v) is 8.54. The van der Waals surface area contributed by atoms with E-state index in [0.29, 0.717) is 45.7 Å². The minimum absolute atomic E-state index is 0.0235. The van der Waals surface area contributed by atoms with Gasteiger partial charge in [-0.05, 0) is 25.7 Å². The van der Waals surface area contributed by atoms with E-state index in [-0.39, 0.29) is 36.5 Å². The molecule has 0 aromatic heterocycles. The van der Waals surface area contributed by atoms with Crippen LogP contribution < -0.4 is 5.32 Å². The van der Waals surface area contributed by atoms with E-state index in [1.807, 2.05) is 6.92 Å². The molecule has 2 saturated heterocycles. The lowest BCUT2D eigenvalue weighted by atomic mass is 9.87. The van der Waals surface area contributed by atoms with E-state index in [2.05, 4.69) is 5.32 Å². The molecule has 3 rings (SSSR count). The van der Waals surface area contributed by atoms with Gasteiger partial charge >= 0.3 is 6.03 Å². The Morgan fingerprint density at radius 1 is 1.30 bits per heavy atom. The van der Waals surface area contributed by atoms with Crippen molar-refractivity contribution in [3.05, 3.63) is 0 Å². The Hall–Kier alpha value is -0.950. The lowest BCUT2D eigenvalue weighted by molar-refractivity contribution is -0.137. The average Bonchev–Trinajstić information content (AvgIpc) is 2.92. The molecule has 1 N–H and O–H groups in total. The van der Waals surface area contributed by atoms with Crippen LogP contribution in [-0.4, -0.2) is 61.4 Å². The maximum Gasteiger partial charge on any atom is 0.317 e. The predicted molar refractivity (Wildman–Crippen MR) is 80.6 cm³/mol. The first kappa shape index (κ1) is 16.9. The first-order valence-electron chi connectivity index (χ1n) is 8.54. The molecule has 0 aromatic rings. The molecule has 2 aliphatic heterocycles. The highest BCUT2D eigenvalue weighted by Crippen LogP contribution is 2.36. The zero-order chi connectivity index (χ0) is 16.5. The summed E-state index contributed by atoms with van der Waals surface area (Å²) in [6, 6.07) is -0.122. The average molecular weight is 332 g/mol. The lowest BCUT2D eigenvalue weighted by Gasteiger charge is -2.42. The summed E-state index contributed by atoms with van der Waals surface area (Å²) in [5.74, 6) is -2.37. The molecule has 2 heterocycles. The van der Waals surface area contributed by atoms with Crippen molar-refractivity contribution in [3.8, 4) is 0 Å². The molecule has 23 heavy (non-hydrogen) atoms. The van der Waals surface area contributed by atoms with Crippen molar-refractivity contribution >= 4 is 6.03 Å². The smallest absolute Gasteiger partial charge is 0.317 e. The molecule has 7 heteroatoms. The molecule has 0 unspecified atom stereocenters. The Morgan fingerprint density at radius 2 is 2.04 bits per heavy atom. The third-order valence-corrected chi connectivity index (χ3v) is 5.14. The monoisotopic (exact) mass is 332 g/mol. The second-order valence-corrected chi connectivity index (χ2v) is 7.28. The summed E-state index contributed by atoms with van der Waals surface area (Å²) in [7, 11) is 0. The quantitative estimate of drug-likeness (QED) is 0.845. The number of nitrogens with one attached hydrogen (secondary N) is 1. The Bertz CT molecular complexity index is 431. The van der Waals surface area contributed by atoms with Gasteiger partial charge in [0.15, 0.2) is 0 Å². The van der Waals surface area contributed by atoms with E-state index in [4.69, 9.17) is 9.47 Å². The van der Waals surface area contributed by atoms with Gasteiger partial charge in [0.1, 0.15) is 5.60 Å². The molecule has 2 atom stereocenters. The van der Waals surface area contributed by atoms with E-state index in [9.17, 15) is 13.6 Å². The van der Waals surface area contributed by atoms with Crippen molar-refractivity contribution in [1.29, 1.82) is 0 Å². The Labute approximate surface area is 135 Å². The maximum absolute atomic E-state index is 13.2. The van der Waals surface area contributed by atoms with Crippen LogP contribution in [0, 0.1) is 5.92 Å². The van der Waals surface area contributed by atoms with Gasteiger partial charge in [0, 0.05) is 39.0 Å². The van der Waals surface area contributed by atoms with Gasteiger partial charge < -0.3 is 19.7 Å². The Kier molecular flexibility index (Phi) is 4.78. The van der Waals surface area contributed by atoms with E-state index in [0.717, 1.165) is 6.42 Å². The molecule has 1 saturated carbocycles. The summed E-state index contributed by atoms with van der Waals surface area (Å²) in [4.78, 5) is 14.2. The van der Waals surface area contributed by atoms with Crippen LogP contribution in [0.4, 0.5) is 13.6 Å². The highest BCUT2D eigenvalue weighted by Gasteiger charge is 2.44. The largest absolute Gasteiger partial charge is 0.378 e. The summed E-state index contributed by atoms with van der Waals surface area (Å²) in [6.45, 7) is 4.71. The van der Waals surface area contributed by atoms with Gasteiger partial charge in [0.2, 0.25) is 5.92 Å².